The highest BCUT2D eigenvalue weighted by Gasteiger charge is 1.93. The molecular formula is C8H8N2OS. The summed E-state index contributed by atoms with van der Waals surface area (Å²) in [6.07, 6.45) is 5.09. The largest absolute Gasteiger partial charge is 0.407 e. The maximum absolute atomic E-state index is 5.35. The predicted octanol–water partition coefficient (Wildman–Crippen LogP) is 1.57. The molecule has 62 valence electrons. The fraction of sp³-hybridized carbons (Fsp3) is 0.125. The van der Waals surface area contributed by atoms with Crippen LogP contribution in [0.2, 0.25) is 0 Å². The van der Waals surface area contributed by atoms with Crippen LogP contribution in [-0.2, 0) is 6.61 Å². The van der Waals surface area contributed by atoms with E-state index in [0.717, 1.165) is 0 Å². The Balaban J connectivity index is 1.91. The summed E-state index contributed by atoms with van der Waals surface area (Å²) in [5, 5.41) is 2.03. The normalized spacial score (nSPS) is 10.0. The fourth-order valence-corrected chi connectivity index (χ4v) is 1.47. The molecule has 0 atom stereocenters. The van der Waals surface area contributed by atoms with E-state index in [-0.39, 0.29) is 0 Å². The molecule has 3 nitrogen and oxygen atoms in total. The Morgan fingerprint density at radius 3 is 3.25 bits per heavy atom. The molecule has 2 rings (SSSR count). The molecule has 0 amide bonds. The van der Waals surface area contributed by atoms with Gasteiger partial charge in [0.05, 0.1) is 6.20 Å². The van der Waals surface area contributed by atoms with Gasteiger partial charge in [0.15, 0.2) is 0 Å². The highest BCUT2D eigenvalue weighted by molar-refractivity contribution is 7.09. The average Bonchev–Trinajstić information content (AvgIpc) is 2.74. The number of aromatic nitrogens is 2. The molecule has 0 unspecified atom stereocenters. The summed E-state index contributed by atoms with van der Waals surface area (Å²) < 4.78 is 1.60. The lowest BCUT2D eigenvalue weighted by atomic mass is 10.5. The van der Waals surface area contributed by atoms with Crippen LogP contribution in [0.5, 0.6) is 0 Å². The molecule has 0 saturated carbocycles. The number of nitrogens with zero attached hydrogens (tertiary/aromatic N) is 2. The van der Waals surface area contributed by atoms with Gasteiger partial charge >= 0.3 is 0 Å². The fourth-order valence-electron chi connectivity index (χ4n) is 0.856. The van der Waals surface area contributed by atoms with Crippen LogP contribution in [0.25, 0.3) is 0 Å². The standard InChI is InChI=1S/C8H8N2OS/c1-2-8(12-5-1)6-11-10-4-3-9-7-10/h1-5,7H,6H2. The van der Waals surface area contributed by atoms with Crippen LogP contribution in [-0.4, -0.2) is 9.71 Å². The van der Waals surface area contributed by atoms with Gasteiger partial charge in [-0.15, -0.1) is 11.3 Å². The van der Waals surface area contributed by atoms with Crippen molar-refractivity contribution in [3.63, 3.8) is 0 Å². The third kappa shape index (κ3) is 1.65. The summed E-state index contributed by atoms with van der Waals surface area (Å²) in [7, 11) is 0. The molecule has 0 aliphatic rings. The number of rotatable bonds is 3. The minimum atomic E-state index is 0.605. The lowest BCUT2D eigenvalue weighted by Gasteiger charge is -2.02. The second kappa shape index (κ2) is 3.40. The van der Waals surface area contributed by atoms with Crippen LogP contribution in [0.1, 0.15) is 4.88 Å². The Hall–Kier alpha value is -1.29. The zero-order valence-corrected chi connectivity index (χ0v) is 7.20. The minimum absolute atomic E-state index is 0.605. The molecule has 0 fully saturated rings. The Morgan fingerprint density at radius 2 is 2.58 bits per heavy atom. The molecule has 2 aromatic heterocycles. The van der Waals surface area contributed by atoms with Gasteiger partial charge in [0.2, 0.25) is 0 Å². The van der Waals surface area contributed by atoms with Crippen LogP contribution in [0.15, 0.2) is 36.2 Å². The first-order valence-electron chi connectivity index (χ1n) is 3.59. The van der Waals surface area contributed by atoms with E-state index in [2.05, 4.69) is 4.98 Å². The third-order valence-corrected chi connectivity index (χ3v) is 2.27. The van der Waals surface area contributed by atoms with Crippen LogP contribution < -0.4 is 4.84 Å². The second-order valence-electron chi connectivity index (χ2n) is 2.28. The first-order chi connectivity index (χ1) is 5.95. The van der Waals surface area contributed by atoms with E-state index in [0.29, 0.717) is 6.61 Å². The summed E-state index contributed by atoms with van der Waals surface area (Å²) >= 11 is 1.69. The lowest BCUT2D eigenvalue weighted by Crippen LogP contribution is -2.07. The van der Waals surface area contributed by atoms with Gasteiger partial charge in [-0.2, -0.15) is 4.73 Å². The number of imidazole rings is 1. The Bertz CT molecular complexity index is 280. The Labute approximate surface area is 74.2 Å². The highest BCUT2D eigenvalue weighted by atomic mass is 32.1. The monoisotopic (exact) mass is 180 g/mol. The molecular weight excluding hydrogens is 172 g/mol. The van der Waals surface area contributed by atoms with E-state index in [1.807, 2.05) is 17.5 Å². The van der Waals surface area contributed by atoms with Crippen molar-refractivity contribution < 1.29 is 4.84 Å². The van der Waals surface area contributed by atoms with Crippen LogP contribution in [0.4, 0.5) is 0 Å². The van der Waals surface area contributed by atoms with Gasteiger partial charge in [0, 0.05) is 11.1 Å². The molecule has 0 aliphatic heterocycles. The summed E-state index contributed by atoms with van der Waals surface area (Å²) in [5.74, 6) is 0. The molecule has 12 heavy (non-hydrogen) atoms. The van der Waals surface area contributed by atoms with Gasteiger partial charge in [-0.3, -0.25) is 0 Å². The molecule has 0 spiro atoms. The van der Waals surface area contributed by atoms with E-state index in [4.69, 9.17) is 4.84 Å². The minimum Gasteiger partial charge on any atom is -0.407 e. The maximum atomic E-state index is 5.35. The van der Waals surface area contributed by atoms with Crippen molar-refractivity contribution >= 4 is 11.3 Å². The predicted molar refractivity (Wildman–Crippen MR) is 46.8 cm³/mol. The van der Waals surface area contributed by atoms with Gasteiger partial charge in [0.1, 0.15) is 12.9 Å². The summed E-state index contributed by atoms with van der Waals surface area (Å²) in [6.45, 7) is 0.605. The van der Waals surface area contributed by atoms with Crippen LogP contribution in [0.3, 0.4) is 0 Å². The first kappa shape index (κ1) is 7.36. The van der Waals surface area contributed by atoms with Gasteiger partial charge in [-0.05, 0) is 11.4 Å². The summed E-state index contributed by atoms with van der Waals surface area (Å²) in [4.78, 5) is 10.4. The van der Waals surface area contributed by atoms with Crippen molar-refractivity contribution in [3.8, 4) is 0 Å². The molecule has 0 aliphatic carbocycles. The van der Waals surface area contributed by atoms with Crippen molar-refractivity contribution in [3.05, 3.63) is 41.1 Å². The van der Waals surface area contributed by atoms with Gasteiger partial charge in [-0.25, -0.2) is 4.98 Å². The first-order valence-corrected chi connectivity index (χ1v) is 4.47. The van der Waals surface area contributed by atoms with Gasteiger partial charge in [-0.1, -0.05) is 6.07 Å². The zero-order chi connectivity index (χ0) is 8.23. The molecule has 2 heterocycles. The van der Waals surface area contributed by atoms with Crippen LogP contribution in [0, 0.1) is 0 Å². The quantitative estimate of drug-likeness (QED) is 0.717. The van der Waals surface area contributed by atoms with Gasteiger partial charge in [0.25, 0.3) is 0 Å². The van der Waals surface area contributed by atoms with Crippen molar-refractivity contribution in [1.82, 2.24) is 9.71 Å². The number of hydrogen-bond donors (Lipinski definition) is 0. The highest BCUT2D eigenvalue weighted by Crippen LogP contribution is 2.07. The molecule has 0 aromatic carbocycles. The van der Waals surface area contributed by atoms with Crippen molar-refractivity contribution in [2.24, 2.45) is 0 Å². The van der Waals surface area contributed by atoms with Crippen molar-refractivity contribution in [2.75, 3.05) is 0 Å². The number of hydrogen-bond acceptors (Lipinski definition) is 3. The molecule has 0 saturated heterocycles. The topological polar surface area (TPSA) is 27.1 Å². The Kier molecular flexibility index (Phi) is 2.09. The van der Waals surface area contributed by atoms with E-state index in [1.54, 1.807) is 34.8 Å². The van der Waals surface area contributed by atoms with Gasteiger partial charge < -0.3 is 4.84 Å². The Morgan fingerprint density at radius 1 is 1.58 bits per heavy atom. The van der Waals surface area contributed by atoms with E-state index in [1.165, 1.54) is 4.88 Å². The maximum Gasteiger partial charge on any atom is 0.149 e. The molecule has 4 heteroatoms. The SMILES string of the molecule is c1csc(COn2ccnc2)c1. The zero-order valence-electron chi connectivity index (χ0n) is 6.38. The van der Waals surface area contributed by atoms with Crippen molar-refractivity contribution in [2.45, 2.75) is 6.61 Å². The smallest absolute Gasteiger partial charge is 0.149 e. The third-order valence-electron chi connectivity index (χ3n) is 1.42. The molecule has 0 radical (unpaired) electrons. The van der Waals surface area contributed by atoms with Crippen LogP contribution >= 0.6 is 11.3 Å². The summed E-state index contributed by atoms with van der Waals surface area (Å²) in [6, 6.07) is 4.05. The van der Waals surface area contributed by atoms with E-state index >= 15 is 0 Å². The molecule has 0 N–H and O–H groups in total. The van der Waals surface area contributed by atoms with E-state index < -0.39 is 0 Å². The average molecular weight is 180 g/mol. The number of thiophene rings is 1. The lowest BCUT2D eigenvalue weighted by molar-refractivity contribution is 0.0988. The van der Waals surface area contributed by atoms with E-state index in [9.17, 15) is 0 Å². The molecule has 2 aromatic rings. The molecule has 0 bridgehead atoms. The second-order valence-corrected chi connectivity index (χ2v) is 3.31. The van der Waals surface area contributed by atoms with Crippen molar-refractivity contribution in [1.29, 1.82) is 0 Å². The summed E-state index contributed by atoms with van der Waals surface area (Å²) in [5.41, 5.74) is 0.